The molecule has 3 nitrogen and oxygen atoms in total. The van der Waals surface area contributed by atoms with Crippen molar-refractivity contribution in [2.24, 2.45) is 5.92 Å². The molecule has 3 heteroatoms. The molecule has 1 aromatic rings. The van der Waals surface area contributed by atoms with Gasteiger partial charge in [-0.25, -0.2) is 0 Å². The van der Waals surface area contributed by atoms with E-state index in [9.17, 15) is 0 Å². The third-order valence-corrected chi connectivity index (χ3v) is 2.17. The zero-order valence-electron chi connectivity index (χ0n) is 9.62. The van der Waals surface area contributed by atoms with Gasteiger partial charge in [0, 0.05) is 6.07 Å². The summed E-state index contributed by atoms with van der Waals surface area (Å²) in [5.74, 6) is 2.12. The fraction of sp³-hybridized carbons (Fsp3) is 0.500. The largest absolute Gasteiger partial charge is 0.494 e. The molecule has 0 saturated carbocycles. The van der Waals surface area contributed by atoms with Crippen molar-refractivity contribution in [1.82, 2.24) is 0 Å². The maximum atomic E-state index is 5.70. The predicted molar refractivity (Wildman–Crippen MR) is 62.4 cm³/mol. The lowest BCUT2D eigenvalue weighted by molar-refractivity contribution is 0.288. The van der Waals surface area contributed by atoms with E-state index in [1.807, 2.05) is 12.1 Å². The summed E-state index contributed by atoms with van der Waals surface area (Å²) in [6.45, 7) is 5.07. The Morgan fingerprint density at radius 3 is 2.67 bits per heavy atom. The van der Waals surface area contributed by atoms with Gasteiger partial charge < -0.3 is 15.2 Å². The van der Waals surface area contributed by atoms with E-state index in [1.165, 1.54) is 0 Å². The van der Waals surface area contributed by atoms with Crippen LogP contribution in [0.5, 0.6) is 11.5 Å². The standard InChI is InChI=1S/C12H19NO2/c1-9(2)6-7-15-10-4-5-11(13)12(8-10)14-3/h4-5,8-9H,6-7,13H2,1-3H3. The highest BCUT2D eigenvalue weighted by Crippen LogP contribution is 2.26. The van der Waals surface area contributed by atoms with Gasteiger partial charge >= 0.3 is 0 Å². The van der Waals surface area contributed by atoms with Gasteiger partial charge in [0.05, 0.1) is 19.4 Å². The number of anilines is 1. The lowest BCUT2D eigenvalue weighted by Gasteiger charge is -2.10. The van der Waals surface area contributed by atoms with Crippen LogP contribution in [0.3, 0.4) is 0 Å². The molecule has 84 valence electrons. The van der Waals surface area contributed by atoms with Crippen molar-refractivity contribution >= 4 is 5.69 Å². The van der Waals surface area contributed by atoms with Crippen LogP contribution in [0, 0.1) is 5.92 Å². The number of rotatable bonds is 5. The van der Waals surface area contributed by atoms with Gasteiger partial charge in [-0.2, -0.15) is 0 Å². The van der Waals surface area contributed by atoms with Crippen LogP contribution in [0.15, 0.2) is 18.2 Å². The van der Waals surface area contributed by atoms with Crippen LogP contribution >= 0.6 is 0 Å². The highest BCUT2D eigenvalue weighted by atomic mass is 16.5. The molecule has 1 rings (SSSR count). The lowest BCUT2D eigenvalue weighted by Crippen LogP contribution is -2.02. The Bertz CT molecular complexity index is 310. The van der Waals surface area contributed by atoms with Crippen molar-refractivity contribution in [2.45, 2.75) is 20.3 Å². The molecule has 0 amide bonds. The summed E-state index contributed by atoms with van der Waals surface area (Å²) in [6.07, 6.45) is 1.05. The first-order valence-electron chi connectivity index (χ1n) is 5.19. The zero-order valence-corrected chi connectivity index (χ0v) is 9.62. The number of nitrogen functional groups attached to an aromatic ring is 1. The highest BCUT2D eigenvalue weighted by Gasteiger charge is 2.02. The lowest BCUT2D eigenvalue weighted by atomic mass is 10.1. The van der Waals surface area contributed by atoms with Gasteiger partial charge in [-0.05, 0) is 24.5 Å². The van der Waals surface area contributed by atoms with Crippen LogP contribution in [0.1, 0.15) is 20.3 Å². The highest BCUT2D eigenvalue weighted by molar-refractivity contribution is 5.55. The summed E-state index contributed by atoms with van der Waals surface area (Å²) in [5, 5.41) is 0. The molecule has 0 aromatic heterocycles. The first-order valence-corrected chi connectivity index (χ1v) is 5.19. The number of ether oxygens (including phenoxy) is 2. The van der Waals surface area contributed by atoms with E-state index in [4.69, 9.17) is 15.2 Å². The van der Waals surface area contributed by atoms with Crippen molar-refractivity contribution in [3.63, 3.8) is 0 Å². The second-order valence-corrected chi connectivity index (χ2v) is 3.93. The molecule has 0 fully saturated rings. The summed E-state index contributed by atoms with van der Waals surface area (Å²) < 4.78 is 10.7. The van der Waals surface area contributed by atoms with E-state index >= 15 is 0 Å². The molecular formula is C12H19NO2. The number of benzene rings is 1. The van der Waals surface area contributed by atoms with Gasteiger partial charge in [-0.3, -0.25) is 0 Å². The first kappa shape index (κ1) is 11.7. The van der Waals surface area contributed by atoms with Crippen LogP contribution in [0.25, 0.3) is 0 Å². The molecule has 0 bridgehead atoms. The minimum Gasteiger partial charge on any atom is -0.494 e. The second-order valence-electron chi connectivity index (χ2n) is 3.93. The Hall–Kier alpha value is -1.38. The Morgan fingerprint density at radius 1 is 1.33 bits per heavy atom. The van der Waals surface area contributed by atoms with Crippen molar-refractivity contribution in [2.75, 3.05) is 19.5 Å². The number of nitrogens with two attached hydrogens (primary N) is 1. The molecule has 0 atom stereocenters. The zero-order chi connectivity index (χ0) is 11.3. The summed E-state index contributed by atoms with van der Waals surface area (Å²) in [4.78, 5) is 0. The van der Waals surface area contributed by atoms with Crippen LogP contribution in [-0.4, -0.2) is 13.7 Å². The van der Waals surface area contributed by atoms with Crippen molar-refractivity contribution in [3.8, 4) is 11.5 Å². The summed E-state index contributed by atoms with van der Waals surface area (Å²) in [5.41, 5.74) is 6.33. The van der Waals surface area contributed by atoms with Gasteiger partial charge in [-0.15, -0.1) is 0 Å². The molecule has 0 aliphatic carbocycles. The summed E-state index contributed by atoms with van der Waals surface area (Å²) >= 11 is 0. The Labute approximate surface area is 91.2 Å². The van der Waals surface area contributed by atoms with Gasteiger partial charge in [0.2, 0.25) is 0 Å². The Kier molecular flexibility index (Phi) is 4.28. The number of hydrogen-bond acceptors (Lipinski definition) is 3. The fourth-order valence-corrected chi connectivity index (χ4v) is 1.19. The molecule has 0 radical (unpaired) electrons. The van der Waals surface area contributed by atoms with Crippen molar-refractivity contribution in [1.29, 1.82) is 0 Å². The maximum absolute atomic E-state index is 5.70. The Morgan fingerprint density at radius 2 is 2.07 bits per heavy atom. The van der Waals surface area contributed by atoms with E-state index < -0.39 is 0 Å². The second kappa shape index (κ2) is 5.49. The number of hydrogen-bond donors (Lipinski definition) is 1. The first-order chi connectivity index (χ1) is 7.13. The van der Waals surface area contributed by atoms with E-state index in [2.05, 4.69) is 13.8 Å². The molecule has 2 N–H and O–H groups in total. The normalized spacial score (nSPS) is 10.4. The molecule has 1 aromatic carbocycles. The van der Waals surface area contributed by atoms with E-state index in [0.717, 1.165) is 18.8 Å². The molecule has 0 aliphatic heterocycles. The van der Waals surface area contributed by atoms with Gasteiger partial charge in [-0.1, -0.05) is 13.8 Å². The smallest absolute Gasteiger partial charge is 0.145 e. The predicted octanol–water partition coefficient (Wildman–Crippen LogP) is 2.70. The van der Waals surface area contributed by atoms with E-state index in [0.29, 0.717) is 17.4 Å². The van der Waals surface area contributed by atoms with Crippen molar-refractivity contribution < 1.29 is 9.47 Å². The number of methoxy groups -OCH3 is 1. The summed E-state index contributed by atoms with van der Waals surface area (Å²) in [7, 11) is 1.60. The average molecular weight is 209 g/mol. The molecule has 0 spiro atoms. The van der Waals surface area contributed by atoms with Crippen LogP contribution < -0.4 is 15.2 Å². The van der Waals surface area contributed by atoms with Crippen LogP contribution in [0.4, 0.5) is 5.69 Å². The van der Waals surface area contributed by atoms with Gasteiger partial charge in [0.1, 0.15) is 11.5 Å². The molecule has 15 heavy (non-hydrogen) atoms. The van der Waals surface area contributed by atoms with Gasteiger partial charge in [0.15, 0.2) is 0 Å². The monoisotopic (exact) mass is 209 g/mol. The molecular weight excluding hydrogens is 190 g/mol. The van der Waals surface area contributed by atoms with Crippen LogP contribution in [-0.2, 0) is 0 Å². The molecule has 0 unspecified atom stereocenters. The minimum absolute atomic E-state index is 0.633. The molecule has 0 aliphatic rings. The third kappa shape index (κ3) is 3.70. The van der Waals surface area contributed by atoms with Crippen molar-refractivity contribution in [3.05, 3.63) is 18.2 Å². The molecule has 0 saturated heterocycles. The molecule has 0 heterocycles. The van der Waals surface area contributed by atoms with Crippen LogP contribution in [0.2, 0.25) is 0 Å². The van der Waals surface area contributed by atoms with E-state index in [1.54, 1.807) is 13.2 Å². The average Bonchev–Trinajstić information content (AvgIpc) is 2.20. The Balaban J connectivity index is 2.54. The minimum atomic E-state index is 0.633. The summed E-state index contributed by atoms with van der Waals surface area (Å²) in [6, 6.07) is 5.47. The van der Waals surface area contributed by atoms with E-state index in [-0.39, 0.29) is 0 Å². The quantitative estimate of drug-likeness (QED) is 0.758. The topological polar surface area (TPSA) is 44.5 Å². The van der Waals surface area contributed by atoms with Gasteiger partial charge in [0.25, 0.3) is 0 Å². The maximum Gasteiger partial charge on any atom is 0.145 e. The SMILES string of the molecule is COc1cc(OCCC(C)C)ccc1N. The third-order valence-electron chi connectivity index (χ3n) is 2.17. The fourth-order valence-electron chi connectivity index (χ4n) is 1.19.